The number of rotatable bonds is 10. The molecule has 0 atom stereocenters. The van der Waals surface area contributed by atoms with Gasteiger partial charge in [0.25, 0.3) is 5.91 Å². The largest absolute Gasteiger partial charge is 0.416 e. The van der Waals surface area contributed by atoms with E-state index in [1.165, 1.54) is 24.3 Å². The molecule has 212 valence electrons. The highest BCUT2D eigenvalue weighted by atomic mass is 35.5. The maximum atomic E-state index is 13.7. The quantitative estimate of drug-likeness (QED) is 0.235. The van der Waals surface area contributed by atoms with Crippen LogP contribution >= 0.6 is 11.6 Å². The first kappa shape index (κ1) is 29.6. The van der Waals surface area contributed by atoms with Crippen LogP contribution in [0.25, 0.3) is 10.9 Å². The van der Waals surface area contributed by atoms with Crippen molar-refractivity contribution in [2.45, 2.75) is 37.5 Å². The Labute approximate surface area is 235 Å². The van der Waals surface area contributed by atoms with Gasteiger partial charge in [-0.1, -0.05) is 36.7 Å². The third-order valence-electron chi connectivity index (χ3n) is 6.63. The fourth-order valence-electron chi connectivity index (χ4n) is 4.49. The molecule has 40 heavy (non-hydrogen) atoms. The number of nitrogens with one attached hydrogen (secondary N) is 1. The van der Waals surface area contributed by atoms with E-state index in [-0.39, 0.29) is 40.1 Å². The highest BCUT2D eigenvalue weighted by Gasteiger charge is 2.33. The Morgan fingerprint density at radius 3 is 2.40 bits per heavy atom. The second-order valence-corrected chi connectivity index (χ2v) is 12.0. The third kappa shape index (κ3) is 6.68. The van der Waals surface area contributed by atoms with Crippen LogP contribution in [-0.2, 0) is 40.3 Å². The van der Waals surface area contributed by atoms with Gasteiger partial charge < -0.3 is 14.6 Å². The first-order chi connectivity index (χ1) is 18.9. The van der Waals surface area contributed by atoms with Crippen LogP contribution in [0.1, 0.15) is 39.7 Å². The number of hydrogen-bond donors (Lipinski definition) is 1. The average molecular weight is 593 g/mol. The molecule has 3 aromatic carbocycles. The number of hydrogen-bond acceptors (Lipinski definition) is 4. The molecule has 0 spiro atoms. The summed E-state index contributed by atoms with van der Waals surface area (Å²) < 4.78 is 72.2. The van der Waals surface area contributed by atoms with Crippen molar-refractivity contribution in [3.63, 3.8) is 0 Å². The van der Waals surface area contributed by atoms with Gasteiger partial charge in [-0.3, -0.25) is 4.79 Å². The summed E-state index contributed by atoms with van der Waals surface area (Å²) in [6, 6.07) is 17.0. The van der Waals surface area contributed by atoms with Crippen molar-refractivity contribution in [1.82, 2.24) is 9.88 Å². The number of methoxy groups -OCH3 is 1. The molecular formula is C29H28ClF3N2O4S. The van der Waals surface area contributed by atoms with Gasteiger partial charge in [0, 0.05) is 53.8 Å². The van der Waals surface area contributed by atoms with Gasteiger partial charge in [-0.05, 0) is 59.7 Å². The number of carbonyl (C=O) groups is 1. The molecule has 1 heterocycles. The summed E-state index contributed by atoms with van der Waals surface area (Å²) in [7, 11) is -1.76. The summed E-state index contributed by atoms with van der Waals surface area (Å²) in [6.07, 6.45) is -4.55. The summed E-state index contributed by atoms with van der Waals surface area (Å²) in [6.45, 7) is 2.54. The molecule has 4 aromatic rings. The summed E-state index contributed by atoms with van der Waals surface area (Å²) in [4.78, 5) is 13.1. The van der Waals surface area contributed by atoms with E-state index >= 15 is 0 Å². The molecule has 0 fully saturated rings. The van der Waals surface area contributed by atoms with E-state index in [9.17, 15) is 26.4 Å². The topological polar surface area (TPSA) is 77.4 Å². The summed E-state index contributed by atoms with van der Waals surface area (Å²) in [5.41, 5.74) is 1.83. The van der Waals surface area contributed by atoms with Crippen molar-refractivity contribution >= 4 is 38.2 Å². The number of halogens is 4. The monoisotopic (exact) mass is 592 g/mol. The lowest BCUT2D eigenvalue weighted by molar-refractivity contribution is -0.138. The number of amides is 1. The number of ether oxygens (including phenoxy) is 1. The molecule has 0 aliphatic heterocycles. The van der Waals surface area contributed by atoms with Crippen LogP contribution in [0, 0.1) is 0 Å². The predicted molar refractivity (Wildman–Crippen MR) is 148 cm³/mol. The predicted octanol–water partition coefficient (Wildman–Crippen LogP) is 6.27. The van der Waals surface area contributed by atoms with Gasteiger partial charge >= 0.3 is 6.18 Å². The summed E-state index contributed by atoms with van der Waals surface area (Å²) >= 11 is 5.85. The maximum absolute atomic E-state index is 13.7. The van der Waals surface area contributed by atoms with E-state index in [1.54, 1.807) is 50.4 Å². The molecule has 0 unspecified atom stereocenters. The van der Waals surface area contributed by atoms with E-state index < -0.39 is 21.6 Å². The van der Waals surface area contributed by atoms with Gasteiger partial charge in [-0.2, -0.15) is 13.2 Å². The van der Waals surface area contributed by atoms with E-state index in [0.29, 0.717) is 29.8 Å². The zero-order valence-corrected chi connectivity index (χ0v) is 23.5. The number of alkyl halides is 3. The van der Waals surface area contributed by atoms with Crippen LogP contribution in [0.15, 0.2) is 71.6 Å². The number of fused-ring (bicyclic) bond motifs is 1. The fourth-order valence-corrected chi connectivity index (χ4v) is 5.55. The van der Waals surface area contributed by atoms with Crippen molar-refractivity contribution in [2.24, 2.45) is 0 Å². The van der Waals surface area contributed by atoms with E-state index in [1.807, 2.05) is 4.57 Å². The summed E-state index contributed by atoms with van der Waals surface area (Å²) in [5, 5.41) is 3.54. The molecule has 0 saturated carbocycles. The Bertz CT molecular complexity index is 1630. The Balaban J connectivity index is 1.58. The van der Waals surface area contributed by atoms with E-state index in [4.69, 9.17) is 16.3 Å². The Morgan fingerprint density at radius 1 is 1.02 bits per heavy atom. The minimum absolute atomic E-state index is 0.00363. The Morgan fingerprint density at radius 2 is 1.75 bits per heavy atom. The molecule has 0 aliphatic carbocycles. The standard InChI is InChI=1S/C29H28ClF3N2O4S/c1-3-40(37,38)25-9-4-19(5-10-25)18-34-28(36)21-7-11-27-22(14-21)16-24(35(27)12-13-39-2)15-20-6-8-23(30)17-26(20)29(31,32)33/h4-11,14,16-17H,3,12-13,15,18H2,1-2H3,(H,34,36). The molecule has 0 bridgehead atoms. The summed E-state index contributed by atoms with van der Waals surface area (Å²) in [5.74, 6) is -0.334. The van der Waals surface area contributed by atoms with E-state index in [0.717, 1.165) is 17.1 Å². The number of aromatic nitrogens is 1. The Kier molecular flexibility index (Phi) is 8.92. The smallest absolute Gasteiger partial charge is 0.383 e. The van der Waals surface area contributed by atoms with Crippen LogP contribution in [0.5, 0.6) is 0 Å². The first-order valence-electron chi connectivity index (χ1n) is 12.5. The highest BCUT2D eigenvalue weighted by molar-refractivity contribution is 7.91. The van der Waals surface area contributed by atoms with Gasteiger partial charge in [0.2, 0.25) is 0 Å². The van der Waals surface area contributed by atoms with Gasteiger partial charge in [0.1, 0.15) is 0 Å². The molecule has 4 rings (SSSR count). The van der Waals surface area contributed by atoms with Crippen molar-refractivity contribution in [2.75, 3.05) is 19.5 Å². The number of nitrogens with zero attached hydrogens (tertiary/aromatic N) is 1. The molecular weight excluding hydrogens is 565 g/mol. The SMILES string of the molecule is CCS(=O)(=O)c1ccc(CNC(=O)c2ccc3c(c2)cc(Cc2ccc(Cl)cc2C(F)(F)F)n3CCOC)cc1. The lowest BCUT2D eigenvalue weighted by atomic mass is 10.0. The minimum atomic E-state index is -4.56. The van der Waals surface area contributed by atoms with Gasteiger partial charge in [-0.15, -0.1) is 0 Å². The average Bonchev–Trinajstić information content (AvgIpc) is 3.27. The first-order valence-corrected chi connectivity index (χ1v) is 14.5. The normalized spacial score (nSPS) is 12.2. The minimum Gasteiger partial charge on any atom is -0.383 e. The van der Waals surface area contributed by atoms with E-state index in [2.05, 4.69) is 5.32 Å². The van der Waals surface area contributed by atoms with Gasteiger partial charge in [-0.25, -0.2) is 8.42 Å². The zero-order valence-electron chi connectivity index (χ0n) is 21.9. The Hall–Kier alpha value is -3.34. The molecule has 6 nitrogen and oxygen atoms in total. The zero-order chi connectivity index (χ0) is 29.1. The molecule has 0 aliphatic rings. The van der Waals surface area contributed by atoms with Crippen LogP contribution in [0.3, 0.4) is 0 Å². The number of sulfone groups is 1. The van der Waals surface area contributed by atoms with Gasteiger partial charge in [0.05, 0.1) is 22.8 Å². The second-order valence-electron chi connectivity index (χ2n) is 9.26. The van der Waals surface area contributed by atoms with Crippen LogP contribution in [0.2, 0.25) is 5.02 Å². The van der Waals surface area contributed by atoms with Crippen molar-refractivity contribution in [3.8, 4) is 0 Å². The molecule has 0 saturated heterocycles. The van der Waals surface area contributed by atoms with Crippen molar-refractivity contribution in [1.29, 1.82) is 0 Å². The lowest BCUT2D eigenvalue weighted by Gasteiger charge is -2.15. The van der Waals surface area contributed by atoms with Crippen LogP contribution in [0.4, 0.5) is 13.2 Å². The van der Waals surface area contributed by atoms with Crippen LogP contribution < -0.4 is 5.32 Å². The third-order valence-corrected chi connectivity index (χ3v) is 8.62. The van der Waals surface area contributed by atoms with Crippen LogP contribution in [-0.4, -0.2) is 38.4 Å². The van der Waals surface area contributed by atoms with Crippen molar-refractivity contribution < 1.29 is 31.1 Å². The molecule has 1 amide bonds. The second kappa shape index (κ2) is 12.0. The number of carbonyl (C=O) groups excluding carboxylic acids is 1. The molecule has 1 N–H and O–H groups in total. The lowest BCUT2D eigenvalue weighted by Crippen LogP contribution is -2.22. The molecule has 1 aromatic heterocycles. The maximum Gasteiger partial charge on any atom is 0.416 e. The molecule has 11 heteroatoms. The fraction of sp³-hybridized carbons (Fsp3) is 0.276. The highest BCUT2D eigenvalue weighted by Crippen LogP contribution is 2.35. The number of benzene rings is 3. The molecule has 0 radical (unpaired) electrons. The van der Waals surface area contributed by atoms with Gasteiger partial charge in [0.15, 0.2) is 9.84 Å². The van der Waals surface area contributed by atoms with Crippen molar-refractivity contribution in [3.05, 3.63) is 99.7 Å².